The van der Waals surface area contributed by atoms with Gasteiger partial charge in [0.1, 0.15) is 11.6 Å². The molecule has 4 aromatic rings. The molecule has 0 spiro atoms. The first-order chi connectivity index (χ1) is 21.6. The Morgan fingerprint density at radius 2 is 1.73 bits per heavy atom. The standard InChI is InChI=1S/C33H42N10O/c1-5-23-21-37-33(40-32(23)38-27-8-9-29-31(26(27)22-34-2)36-13-12-35-29)39-28-7-6-25(20-30(28)44-4)42-14-10-24(11-15-42)43-18-16-41(3)17-19-43/h5-9,12-13,20-21,24,34H,1,10-11,14-19,22H2,2-4H3,(H2,37,38,39,40). The molecule has 0 aliphatic carbocycles. The van der Waals surface area contributed by atoms with Crippen molar-refractivity contribution >= 4 is 45.9 Å². The fourth-order valence-electron chi connectivity index (χ4n) is 6.17. The van der Waals surface area contributed by atoms with Gasteiger partial charge in [-0.15, -0.1) is 0 Å². The molecule has 0 saturated carbocycles. The van der Waals surface area contributed by atoms with Crippen molar-refractivity contribution in [3.05, 3.63) is 66.6 Å². The number of ether oxygens (including phenoxy) is 1. The van der Waals surface area contributed by atoms with Crippen molar-refractivity contribution in [1.82, 2.24) is 35.1 Å². The summed E-state index contributed by atoms with van der Waals surface area (Å²) >= 11 is 0. The van der Waals surface area contributed by atoms with Crippen LogP contribution in [-0.2, 0) is 6.54 Å². The molecule has 44 heavy (non-hydrogen) atoms. The van der Waals surface area contributed by atoms with Crippen LogP contribution in [0.5, 0.6) is 5.75 Å². The average molecular weight is 595 g/mol. The van der Waals surface area contributed by atoms with Gasteiger partial charge in [-0.2, -0.15) is 4.98 Å². The molecular weight excluding hydrogens is 552 g/mol. The maximum Gasteiger partial charge on any atom is 0.229 e. The number of likely N-dealkylation sites (N-methyl/N-ethyl adjacent to an activating group) is 1. The second-order valence-corrected chi connectivity index (χ2v) is 11.4. The zero-order chi connectivity index (χ0) is 30.5. The smallest absolute Gasteiger partial charge is 0.229 e. The highest BCUT2D eigenvalue weighted by molar-refractivity contribution is 5.85. The molecule has 0 atom stereocenters. The molecule has 230 valence electrons. The molecule has 2 aliphatic heterocycles. The Balaban J connectivity index is 1.18. The third kappa shape index (κ3) is 6.45. The highest BCUT2D eigenvalue weighted by Crippen LogP contribution is 2.34. The zero-order valence-corrected chi connectivity index (χ0v) is 25.9. The summed E-state index contributed by atoms with van der Waals surface area (Å²) in [6.07, 6.45) is 9.29. The number of hydrogen-bond acceptors (Lipinski definition) is 11. The van der Waals surface area contributed by atoms with E-state index in [-0.39, 0.29) is 0 Å². The number of piperazine rings is 1. The van der Waals surface area contributed by atoms with E-state index in [0.717, 1.165) is 52.4 Å². The molecule has 6 rings (SSSR count). The van der Waals surface area contributed by atoms with Crippen LogP contribution in [0.2, 0.25) is 0 Å². The number of aromatic nitrogens is 4. The molecule has 3 N–H and O–H groups in total. The molecule has 4 heterocycles. The Morgan fingerprint density at radius 3 is 2.48 bits per heavy atom. The molecule has 2 aromatic carbocycles. The number of hydrogen-bond donors (Lipinski definition) is 3. The van der Waals surface area contributed by atoms with Gasteiger partial charge in [-0.1, -0.05) is 12.7 Å². The molecule has 2 aromatic heterocycles. The highest BCUT2D eigenvalue weighted by atomic mass is 16.5. The van der Waals surface area contributed by atoms with Gasteiger partial charge in [-0.05, 0) is 51.2 Å². The number of benzene rings is 2. The summed E-state index contributed by atoms with van der Waals surface area (Å²) < 4.78 is 5.82. The lowest BCUT2D eigenvalue weighted by Crippen LogP contribution is -2.52. The Bertz CT molecular complexity index is 1600. The van der Waals surface area contributed by atoms with Crippen molar-refractivity contribution in [1.29, 1.82) is 0 Å². The fourth-order valence-corrected chi connectivity index (χ4v) is 6.17. The average Bonchev–Trinajstić information content (AvgIpc) is 3.06. The van der Waals surface area contributed by atoms with Crippen LogP contribution in [0.25, 0.3) is 17.1 Å². The van der Waals surface area contributed by atoms with Crippen molar-refractivity contribution in [3.63, 3.8) is 0 Å². The number of methoxy groups -OCH3 is 1. The molecule has 11 nitrogen and oxygen atoms in total. The van der Waals surface area contributed by atoms with Gasteiger partial charge >= 0.3 is 0 Å². The fraction of sp³-hybridized carbons (Fsp3) is 0.394. The number of piperidine rings is 1. The van der Waals surface area contributed by atoms with Gasteiger partial charge in [0.05, 0.1) is 23.8 Å². The summed E-state index contributed by atoms with van der Waals surface area (Å²) in [6.45, 7) is 11.4. The minimum absolute atomic E-state index is 0.452. The first-order valence-corrected chi connectivity index (χ1v) is 15.3. The maximum absolute atomic E-state index is 5.82. The van der Waals surface area contributed by atoms with Crippen molar-refractivity contribution < 1.29 is 4.74 Å². The van der Waals surface area contributed by atoms with Gasteiger partial charge in [-0.25, -0.2) is 4.98 Å². The number of nitrogens with one attached hydrogen (secondary N) is 3. The van der Waals surface area contributed by atoms with Crippen LogP contribution in [0.3, 0.4) is 0 Å². The minimum Gasteiger partial charge on any atom is -0.494 e. The second-order valence-electron chi connectivity index (χ2n) is 11.4. The monoisotopic (exact) mass is 594 g/mol. The van der Waals surface area contributed by atoms with E-state index in [0.29, 0.717) is 24.4 Å². The zero-order valence-electron chi connectivity index (χ0n) is 25.9. The van der Waals surface area contributed by atoms with Crippen LogP contribution in [0.4, 0.5) is 28.8 Å². The first-order valence-electron chi connectivity index (χ1n) is 15.3. The Kier molecular flexibility index (Phi) is 9.15. The van der Waals surface area contributed by atoms with Crippen molar-refractivity contribution in [3.8, 4) is 5.75 Å². The lowest BCUT2D eigenvalue weighted by atomic mass is 10.0. The molecule has 0 bridgehead atoms. The Hall–Kier alpha value is -4.32. The lowest BCUT2D eigenvalue weighted by molar-refractivity contribution is 0.0982. The van der Waals surface area contributed by atoms with Gasteiger partial charge in [-0.3, -0.25) is 14.9 Å². The van der Waals surface area contributed by atoms with Gasteiger partial charge < -0.3 is 30.5 Å². The number of fused-ring (bicyclic) bond motifs is 1. The lowest BCUT2D eigenvalue weighted by Gasteiger charge is -2.42. The van der Waals surface area contributed by atoms with Crippen LogP contribution in [0.15, 0.2) is 55.5 Å². The van der Waals surface area contributed by atoms with Crippen molar-refractivity contribution in [2.75, 3.05) is 76.0 Å². The summed E-state index contributed by atoms with van der Waals surface area (Å²) in [5, 5.41) is 10.1. The first kappa shape index (κ1) is 29.7. The van der Waals surface area contributed by atoms with E-state index >= 15 is 0 Å². The largest absolute Gasteiger partial charge is 0.494 e. The molecular formula is C33H42N10O. The van der Waals surface area contributed by atoms with E-state index in [1.165, 1.54) is 44.7 Å². The van der Waals surface area contributed by atoms with E-state index in [4.69, 9.17) is 9.72 Å². The number of rotatable bonds is 10. The molecule has 2 saturated heterocycles. The van der Waals surface area contributed by atoms with Gasteiger partial charge in [0.15, 0.2) is 0 Å². The summed E-state index contributed by atoms with van der Waals surface area (Å²) in [7, 11) is 5.83. The predicted octanol–water partition coefficient (Wildman–Crippen LogP) is 4.49. The van der Waals surface area contributed by atoms with E-state index in [1.807, 2.05) is 25.2 Å². The van der Waals surface area contributed by atoms with Gasteiger partial charge in [0.2, 0.25) is 5.95 Å². The summed E-state index contributed by atoms with van der Waals surface area (Å²) in [6, 6.07) is 10.9. The molecule has 2 aliphatic rings. The van der Waals surface area contributed by atoms with Crippen LogP contribution >= 0.6 is 0 Å². The SMILES string of the molecule is C=Cc1cnc(Nc2ccc(N3CCC(N4CCN(C)CC4)CC3)cc2OC)nc1Nc1ccc2nccnc2c1CNC. The highest BCUT2D eigenvalue weighted by Gasteiger charge is 2.27. The topological polar surface area (TPSA) is 107 Å². The number of anilines is 5. The maximum atomic E-state index is 5.82. The van der Waals surface area contributed by atoms with E-state index in [9.17, 15) is 0 Å². The second kappa shape index (κ2) is 13.5. The quantitative estimate of drug-likeness (QED) is 0.242. The third-order valence-electron chi connectivity index (χ3n) is 8.70. The molecule has 2 fully saturated rings. The predicted molar refractivity (Wildman–Crippen MR) is 178 cm³/mol. The Morgan fingerprint density at radius 1 is 0.955 bits per heavy atom. The normalized spacial score (nSPS) is 16.7. The Labute approximate surface area is 259 Å². The van der Waals surface area contributed by atoms with Crippen LogP contribution in [0, 0.1) is 0 Å². The van der Waals surface area contributed by atoms with E-state index in [2.05, 4.69) is 71.4 Å². The molecule has 0 amide bonds. The molecule has 11 heteroatoms. The van der Waals surface area contributed by atoms with Gasteiger partial charge in [0, 0.05) is 99.0 Å². The summed E-state index contributed by atoms with van der Waals surface area (Å²) in [4.78, 5) is 26.0. The van der Waals surface area contributed by atoms with Gasteiger partial charge in [0.25, 0.3) is 0 Å². The van der Waals surface area contributed by atoms with E-state index < -0.39 is 0 Å². The molecule has 0 unspecified atom stereocenters. The van der Waals surface area contributed by atoms with E-state index in [1.54, 1.807) is 31.8 Å². The summed E-state index contributed by atoms with van der Waals surface area (Å²) in [5.74, 6) is 1.84. The molecule has 0 radical (unpaired) electrons. The van der Waals surface area contributed by atoms with Crippen molar-refractivity contribution in [2.45, 2.75) is 25.4 Å². The number of nitrogens with zero attached hydrogens (tertiary/aromatic N) is 7. The minimum atomic E-state index is 0.452. The third-order valence-corrected chi connectivity index (χ3v) is 8.70. The van der Waals surface area contributed by atoms with Crippen LogP contribution < -0.4 is 25.6 Å². The van der Waals surface area contributed by atoms with Crippen LogP contribution in [-0.4, -0.2) is 96.3 Å². The van der Waals surface area contributed by atoms with Crippen molar-refractivity contribution in [2.24, 2.45) is 0 Å². The summed E-state index contributed by atoms with van der Waals surface area (Å²) in [5.41, 5.74) is 6.33. The van der Waals surface area contributed by atoms with Crippen LogP contribution in [0.1, 0.15) is 24.0 Å².